The molecule has 1 aromatic rings. The summed E-state index contributed by atoms with van der Waals surface area (Å²) in [5.41, 5.74) is 0.992. The van der Waals surface area contributed by atoms with Crippen molar-refractivity contribution >= 4 is 0 Å². The molecule has 0 spiro atoms. The predicted octanol–water partition coefficient (Wildman–Crippen LogP) is 0.969. The van der Waals surface area contributed by atoms with Crippen LogP contribution < -0.4 is 0 Å². The van der Waals surface area contributed by atoms with Gasteiger partial charge in [-0.05, 0) is 5.92 Å². The van der Waals surface area contributed by atoms with Gasteiger partial charge >= 0.3 is 0 Å². The number of aromatic nitrogens is 2. The van der Waals surface area contributed by atoms with Crippen molar-refractivity contribution in [3.8, 4) is 0 Å². The summed E-state index contributed by atoms with van der Waals surface area (Å²) >= 11 is 0. The van der Waals surface area contributed by atoms with E-state index in [4.69, 9.17) is 0 Å². The number of nitrogens with one attached hydrogen (secondary N) is 1. The molecule has 0 fully saturated rings. The van der Waals surface area contributed by atoms with Gasteiger partial charge in [-0.1, -0.05) is 13.8 Å². The molecule has 0 saturated carbocycles. The van der Waals surface area contributed by atoms with Gasteiger partial charge in [0.2, 0.25) is 0 Å². The van der Waals surface area contributed by atoms with Crippen molar-refractivity contribution in [3.63, 3.8) is 0 Å². The number of aliphatic hydroxyl groups is 1. The molecule has 11 heavy (non-hydrogen) atoms. The Kier molecular flexibility index (Phi) is 2.65. The van der Waals surface area contributed by atoms with E-state index < -0.39 is 0 Å². The first-order valence-electron chi connectivity index (χ1n) is 3.85. The van der Waals surface area contributed by atoms with Gasteiger partial charge in [0.15, 0.2) is 0 Å². The van der Waals surface area contributed by atoms with Gasteiger partial charge in [0.1, 0.15) is 0 Å². The van der Waals surface area contributed by atoms with Crippen molar-refractivity contribution in [1.29, 1.82) is 0 Å². The zero-order chi connectivity index (χ0) is 8.27. The molecule has 1 aromatic heterocycles. The van der Waals surface area contributed by atoms with Gasteiger partial charge in [-0.2, -0.15) is 0 Å². The molecule has 0 amide bonds. The highest BCUT2D eigenvalue weighted by molar-refractivity contribution is 4.96. The number of rotatable bonds is 3. The van der Waals surface area contributed by atoms with Crippen LogP contribution in [-0.4, -0.2) is 21.2 Å². The van der Waals surface area contributed by atoms with Crippen LogP contribution in [-0.2, 0) is 6.42 Å². The van der Waals surface area contributed by atoms with Gasteiger partial charge in [0.05, 0.1) is 12.4 Å². The average molecular weight is 154 g/mol. The number of hydrogen-bond donors (Lipinski definition) is 2. The highest BCUT2D eigenvalue weighted by Gasteiger charge is 2.09. The molecule has 0 aromatic carbocycles. The monoisotopic (exact) mass is 154 g/mol. The van der Waals surface area contributed by atoms with E-state index in [2.05, 4.69) is 9.97 Å². The van der Waals surface area contributed by atoms with Gasteiger partial charge in [0.25, 0.3) is 0 Å². The first-order chi connectivity index (χ1) is 5.20. The lowest BCUT2D eigenvalue weighted by molar-refractivity contribution is 0.125. The van der Waals surface area contributed by atoms with Crippen molar-refractivity contribution in [2.45, 2.75) is 26.4 Å². The second-order valence-corrected chi connectivity index (χ2v) is 3.09. The van der Waals surface area contributed by atoms with E-state index in [0.29, 0.717) is 12.3 Å². The summed E-state index contributed by atoms with van der Waals surface area (Å²) in [6.45, 7) is 4.00. The summed E-state index contributed by atoms with van der Waals surface area (Å²) in [5.74, 6) is 0.304. The largest absolute Gasteiger partial charge is 0.392 e. The van der Waals surface area contributed by atoms with Crippen LogP contribution in [0.25, 0.3) is 0 Å². The summed E-state index contributed by atoms with van der Waals surface area (Å²) in [4.78, 5) is 6.82. The summed E-state index contributed by atoms with van der Waals surface area (Å²) in [6, 6.07) is 0. The standard InChI is InChI=1S/C8H14N2O/c1-6(2)8(11)3-7-4-9-5-10-7/h4-6,8,11H,3H2,1-2H3,(H,9,10)/t8-/m0/s1. The van der Waals surface area contributed by atoms with E-state index >= 15 is 0 Å². The number of imidazole rings is 1. The van der Waals surface area contributed by atoms with Crippen molar-refractivity contribution < 1.29 is 5.11 Å². The highest BCUT2D eigenvalue weighted by atomic mass is 16.3. The minimum atomic E-state index is -0.268. The van der Waals surface area contributed by atoms with Crippen LogP contribution in [0, 0.1) is 5.92 Å². The Hall–Kier alpha value is -0.830. The Balaban J connectivity index is 2.43. The lowest BCUT2D eigenvalue weighted by Gasteiger charge is -2.12. The maximum Gasteiger partial charge on any atom is 0.0921 e. The number of H-pyrrole nitrogens is 1. The third-order valence-corrected chi connectivity index (χ3v) is 1.75. The zero-order valence-corrected chi connectivity index (χ0v) is 6.91. The molecule has 0 saturated heterocycles. The van der Waals surface area contributed by atoms with Gasteiger partial charge in [-0.15, -0.1) is 0 Å². The van der Waals surface area contributed by atoms with Crippen LogP contribution in [0.2, 0.25) is 0 Å². The molecule has 0 aliphatic rings. The van der Waals surface area contributed by atoms with Crippen molar-refractivity contribution in [2.24, 2.45) is 5.92 Å². The fourth-order valence-electron chi connectivity index (χ4n) is 0.857. The molecule has 0 aliphatic carbocycles. The Morgan fingerprint density at radius 1 is 1.64 bits per heavy atom. The molecule has 0 aliphatic heterocycles. The maximum atomic E-state index is 9.45. The highest BCUT2D eigenvalue weighted by Crippen LogP contribution is 2.06. The van der Waals surface area contributed by atoms with Crippen LogP contribution in [0.1, 0.15) is 19.5 Å². The molecule has 2 N–H and O–H groups in total. The Morgan fingerprint density at radius 2 is 2.36 bits per heavy atom. The Morgan fingerprint density at radius 3 is 2.82 bits per heavy atom. The van der Waals surface area contributed by atoms with E-state index in [1.54, 1.807) is 12.5 Å². The van der Waals surface area contributed by atoms with Crippen LogP contribution in [0.3, 0.4) is 0 Å². The number of nitrogens with zero attached hydrogens (tertiary/aromatic N) is 1. The summed E-state index contributed by atoms with van der Waals surface area (Å²) < 4.78 is 0. The Labute approximate surface area is 66.5 Å². The quantitative estimate of drug-likeness (QED) is 0.681. The zero-order valence-electron chi connectivity index (χ0n) is 6.91. The van der Waals surface area contributed by atoms with E-state index in [1.807, 2.05) is 13.8 Å². The number of aliphatic hydroxyl groups excluding tert-OH is 1. The predicted molar refractivity (Wildman–Crippen MR) is 43.1 cm³/mol. The molecule has 62 valence electrons. The van der Waals surface area contributed by atoms with E-state index in [1.165, 1.54) is 0 Å². The van der Waals surface area contributed by atoms with Gasteiger partial charge in [-0.25, -0.2) is 4.98 Å². The molecule has 3 heteroatoms. The van der Waals surface area contributed by atoms with Crippen molar-refractivity contribution in [1.82, 2.24) is 9.97 Å². The van der Waals surface area contributed by atoms with Gasteiger partial charge in [0, 0.05) is 18.3 Å². The fraction of sp³-hybridized carbons (Fsp3) is 0.625. The van der Waals surface area contributed by atoms with Crippen molar-refractivity contribution in [2.75, 3.05) is 0 Å². The fourth-order valence-corrected chi connectivity index (χ4v) is 0.857. The summed E-state index contributed by atoms with van der Waals surface area (Å²) in [7, 11) is 0. The van der Waals surface area contributed by atoms with E-state index in [-0.39, 0.29) is 6.10 Å². The normalized spacial score (nSPS) is 13.8. The van der Waals surface area contributed by atoms with Gasteiger partial charge in [-0.3, -0.25) is 0 Å². The van der Waals surface area contributed by atoms with Crippen LogP contribution in [0.15, 0.2) is 12.5 Å². The Bertz CT molecular complexity index is 194. The smallest absolute Gasteiger partial charge is 0.0921 e. The summed E-state index contributed by atoms with van der Waals surface area (Å²) in [5, 5.41) is 9.45. The van der Waals surface area contributed by atoms with Crippen LogP contribution in [0.5, 0.6) is 0 Å². The third kappa shape index (κ3) is 2.35. The minimum Gasteiger partial charge on any atom is -0.392 e. The SMILES string of the molecule is CC(C)[C@@H](O)Cc1cnc[nH]1. The molecule has 1 atom stereocenters. The maximum absolute atomic E-state index is 9.45. The first kappa shape index (κ1) is 8.27. The molecular formula is C8H14N2O. The minimum absolute atomic E-state index is 0.268. The lowest BCUT2D eigenvalue weighted by Crippen LogP contribution is -2.17. The molecule has 1 rings (SSSR count). The second kappa shape index (κ2) is 3.53. The molecular weight excluding hydrogens is 140 g/mol. The van der Waals surface area contributed by atoms with Crippen LogP contribution in [0.4, 0.5) is 0 Å². The van der Waals surface area contributed by atoms with Gasteiger partial charge < -0.3 is 10.1 Å². The van der Waals surface area contributed by atoms with E-state index in [0.717, 1.165) is 5.69 Å². The van der Waals surface area contributed by atoms with Crippen molar-refractivity contribution in [3.05, 3.63) is 18.2 Å². The summed E-state index contributed by atoms with van der Waals surface area (Å²) in [6.07, 6.45) is 3.77. The lowest BCUT2D eigenvalue weighted by atomic mass is 10.0. The molecule has 0 radical (unpaired) electrons. The topological polar surface area (TPSA) is 48.9 Å². The number of aromatic amines is 1. The molecule has 0 unspecified atom stereocenters. The second-order valence-electron chi connectivity index (χ2n) is 3.09. The average Bonchev–Trinajstić information content (AvgIpc) is 2.39. The first-order valence-corrected chi connectivity index (χ1v) is 3.85. The molecule has 3 nitrogen and oxygen atoms in total. The molecule has 0 bridgehead atoms. The van der Waals surface area contributed by atoms with Crippen LogP contribution >= 0.6 is 0 Å². The van der Waals surface area contributed by atoms with E-state index in [9.17, 15) is 5.11 Å². The third-order valence-electron chi connectivity index (χ3n) is 1.75. The number of hydrogen-bond acceptors (Lipinski definition) is 2. The molecule has 1 heterocycles.